The van der Waals surface area contributed by atoms with Crippen molar-refractivity contribution in [1.29, 1.82) is 0 Å². The molecule has 1 N–H and O–H groups in total. The predicted molar refractivity (Wildman–Crippen MR) is 108 cm³/mol. The summed E-state index contributed by atoms with van der Waals surface area (Å²) >= 11 is 0. The number of hydrogen-bond donors (Lipinski definition) is 1. The van der Waals surface area contributed by atoms with Gasteiger partial charge >= 0.3 is 0 Å². The maximum Gasteiger partial charge on any atom is 0.193 e. The van der Waals surface area contributed by atoms with Gasteiger partial charge in [0.1, 0.15) is 0 Å². The van der Waals surface area contributed by atoms with Crippen LogP contribution in [0.4, 0.5) is 5.69 Å². The zero-order valence-corrected chi connectivity index (χ0v) is 16.7. The second kappa shape index (κ2) is 8.73. The van der Waals surface area contributed by atoms with Crippen LogP contribution in [0.2, 0.25) is 0 Å². The van der Waals surface area contributed by atoms with Crippen molar-refractivity contribution in [2.45, 2.75) is 20.0 Å². The molecule has 1 aromatic carbocycles. The standard InChI is InChI=1S/C20H33N5O/c1-16-6-5-7-19(17(16)2)24-8-10-25(11-9-24)20(21-3)22-14-18-15-23(4)12-13-26-18/h5-7,18H,8-15H2,1-4H3,(H,21,22). The van der Waals surface area contributed by atoms with Gasteiger partial charge in [0.25, 0.3) is 0 Å². The van der Waals surface area contributed by atoms with E-state index in [1.807, 2.05) is 7.05 Å². The molecule has 0 aliphatic carbocycles. The third-order valence-corrected chi connectivity index (χ3v) is 5.54. The maximum atomic E-state index is 5.84. The topological polar surface area (TPSA) is 43.3 Å². The Morgan fingerprint density at radius 1 is 1.19 bits per heavy atom. The number of aliphatic imine (C=N–C) groups is 1. The van der Waals surface area contributed by atoms with E-state index < -0.39 is 0 Å². The molecule has 2 aliphatic heterocycles. The molecule has 2 aliphatic rings. The highest BCUT2D eigenvalue weighted by atomic mass is 16.5. The van der Waals surface area contributed by atoms with Gasteiger partial charge in [-0.2, -0.15) is 0 Å². The first-order chi connectivity index (χ1) is 12.6. The zero-order valence-electron chi connectivity index (χ0n) is 16.7. The summed E-state index contributed by atoms with van der Waals surface area (Å²) < 4.78 is 5.84. The van der Waals surface area contributed by atoms with E-state index >= 15 is 0 Å². The molecule has 2 heterocycles. The van der Waals surface area contributed by atoms with Crippen molar-refractivity contribution >= 4 is 11.6 Å². The molecule has 0 spiro atoms. The van der Waals surface area contributed by atoms with Gasteiger partial charge in [-0.25, -0.2) is 0 Å². The molecular weight excluding hydrogens is 326 g/mol. The van der Waals surface area contributed by atoms with Crippen LogP contribution in [0.15, 0.2) is 23.2 Å². The predicted octanol–water partition coefficient (Wildman–Crippen LogP) is 1.33. The van der Waals surface area contributed by atoms with Crippen LogP contribution < -0.4 is 10.2 Å². The van der Waals surface area contributed by atoms with Gasteiger partial charge in [-0.05, 0) is 38.1 Å². The molecule has 2 fully saturated rings. The number of morpholine rings is 1. The number of anilines is 1. The molecule has 2 saturated heterocycles. The van der Waals surface area contributed by atoms with Gasteiger partial charge in [0.15, 0.2) is 5.96 Å². The Kier molecular flexibility index (Phi) is 6.38. The molecule has 3 rings (SSSR count). The molecule has 6 nitrogen and oxygen atoms in total. The minimum atomic E-state index is 0.238. The van der Waals surface area contributed by atoms with Gasteiger partial charge in [0.05, 0.1) is 12.7 Å². The van der Waals surface area contributed by atoms with E-state index in [1.54, 1.807) is 0 Å². The number of rotatable bonds is 3. The van der Waals surface area contributed by atoms with Crippen molar-refractivity contribution < 1.29 is 4.74 Å². The number of nitrogens with one attached hydrogen (secondary N) is 1. The number of benzene rings is 1. The summed E-state index contributed by atoms with van der Waals surface area (Å²) in [5.74, 6) is 0.988. The summed E-state index contributed by atoms with van der Waals surface area (Å²) in [4.78, 5) is 11.7. The van der Waals surface area contributed by atoms with Crippen LogP contribution >= 0.6 is 0 Å². The van der Waals surface area contributed by atoms with Crippen molar-refractivity contribution in [3.8, 4) is 0 Å². The molecule has 1 aromatic rings. The van der Waals surface area contributed by atoms with Gasteiger partial charge in [-0.3, -0.25) is 4.99 Å². The third kappa shape index (κ3) is 4.48. The zero-order chi connectivity index (χ0) is 18.5. The van der Waals surface area contributed by atoms with Crippen molar-refractivity contribution in [3.63, 3.8) is 0 Å². The summed E-state index contributed by atoms with van der Waals surface area (Å²) in [6, 6.07) is 6.58. The number of hydrogen-bond acceptors (Lipinski definition) is 4. The van der Waals surface area contributed by atoms with Crippen LogP contribution in [0.25, 0.3) is 0 Å². The average molecular weight is 360 g/mol. The Morgan fingerprint density at radius 3 is 2.65 bits per heavy atom. The summed E-state index contributed by atoms with van der Waals surface area (Å²) in [5.41, 5.74) is 4.12. The first kappa shape index (κ1) is 19.0. The number of aryl methyl sites for hydroxylation is 1. The normalized spacial score (nSPS) is 22.6. The Labute approximate surface area is 157 Å². The molecule has 0 saturated carbocycles. The second-order valence-electron chi connectivity index (χ2n) is 7.38. The number of likely N-dealkylation sites (N-methyl/N-ethyl adjacent to an activating group) is 1. The molecule has 1 unspecified atom stereocenters. The minimum absolute atomic E-state index is 0.238. The average Bonchev–Trinajstić information content (AvgIpc) is 2.65. The monoisotopic (exact) mass is 359 g/mol. The van der Waals surface area contributed by atoms with Crippen LogP contribution in [-0.2, 0) is 4.74 Å². The quantitative estimate of drug-likeness (QED) is 0.652. The second-order valence-corrected chi connectivity index (χ2v) is 7.38. The highest BCUT2D eigenvalue weighted by Crippen LogP contribution is 2.23. The largest absolute Gasteiger partial charge is 0.374 e. The molecule has 144 valence electrons. The van der Waals surface area contributed by atoms with E-state index in [0.29, 0.717) is 0 Å². The molecule has 0 radical (unpaired) electrons. The summed E-state index contributed by atoms with van der Waals surface area (Å²) in [7, 11) is 4.02. The van der Waals surface area contributed by atoms with Gasteiger partial charge in [0, 0.05) is 58.5 Å². The third-order valence-electron chi connectivity index (χ3n) is 5.54. The summed E-state index contributed by atoms with van der Waals surface area (Å²) in [6.07, 6.45) is 0.238. The summed E-state index contributed by atoms with van der Waals surface area (Å²) in [6.45, 7) is 12.0. The number of piperazine rings is 1. The number of guanidine groups is 1. The highest BCUT2D eigenvalue weighted by molar-refractivity contribution is 5.80. The van der Waals surface area contributed by atoms with Crippen molar-refractivity contribution in [1.82, 2.24) is 15.1 Å². The fourth-order valence-corrected chi connectivity index (χ4v) is 3.77. The van der Waals surface area contributed by atoms with Crippen LogP contribution in [0.5, 0.6) is 0 Å². The first-order valence-corrected chi connectivity index (χ1v) is 9.65. The Morgan fingerprint density at radius 2 is 1.96 bits per heavy atom. The first-order valence-electron chi connectivity index (χ1n) is 9.65. The lowest BCUT2D eigenvalue weighted by Crippen LogP contribution is -2.54. The van der Waals surface area contributed by atoms with Crippen LogP contribution in [0.1, 0.15) is 11.1 Å². The Bertz CT molecular complexity index is 625. The van der Waals surface area contributed by atoms with Gasteiger partial charge < -0.3 is 24.8 Å². The molecule has 26 heavy (non-hydrogen) atoms. The smallest absolute Gasteiger partial charge is 0.193 e. The lowest BCUT2D eigenvalue weighted by atomic mass is 10.1. The van der Waals surface area contributed by atoms with E-state index in [0.717, 1.165) is 58.4 Å². The summed E-state index contributed by atoms with van der Waals surface area (Å²) in [5, 5.41) is 3.51. The van der Waals surface area contributed by atoms with E-state index in [-0.39, 0.29) is 6.10 Å². The maximum absolute atomic E-state index is 5.84. The highest BCUT2D eigenvalue weighted by Gasteiger charge is 2.23. The minimum Gasteiger partial charge on any atom is -0.374 e. The van der Waals surface area contributed by atoms with Crippen LogP contribution in [-0.4, -0.2) is 88.4 Å². The SMILES string of the molecule is CN=C(NCC1CN(C)CCO1)N1CCN(c2cccc(C)c2C)CC1. The van der Waals surface area contributed by atoms with E-state index in [9.17, 15) is 0 Å². The van der Waals surface area contributed by atoms with Crippen LogP contribution in [0, 0.1) is 13.8 Å². The lowest BCUT2D eigenvalue weighted by molar-refractivity contribution is -0.0163. The van der Waals surface area contributed by atoms with E-state index in [2.05, 4.69) is 64.1 Å². The molecule has 0 bridgehead atoms. The Hall–Kier alpha value is -1.79. The fraction of sp³-hybridized carbons (Fsp3) is 0.650. The van der Waals surface area contributed by atoms with E-state index in [1.165, 1.54) is 16.8 Å². The van der Waals surface area contributed by atoms with Gasteiger partial charge in [0.2, 0.25) is 0 Å². The number of ether oxygens (including phenoxy) is 1. The molecular formula is C20H33N5O. The van der Waals surface area contributed by atoms with Crippen molar-refractivity contribution in [2.75, 3.05) is 71.4 Å². The molecule has 6 heteroatoms. The van der Waals surface area contributed by atoms with Crippen molar-refractivity contribution in [3.05, 3.63) is 29.3 Å². The van der Waals surface area contributed by atoms with Crippen LogP contribution in [0.3, 0.4) is 0 Å². The number of nitrogens with zero attached hydrogens (tertiary/aromatic N) is 4. The molecule has 0 aromatic heterocycles. The van der Waals surface area contributed by atoms with E-state index in [4.69, 9.17) is 4.74 Å². The molecule has 0 amide bonds. The lowest BCUT2D eigenvalue weighted by Gasteiger charge is -2.39. The van der Waals surface area contributed by atoms with Gasteiger partial charge in [-0.15, -0.1) is 0 Å². The fourth-order valence-electron chi connectivity index (χ4n) is 3.77. The Balaban J connectivity index is 1.52. The van der Waals surface area contributed by atoms with Crippen molar-refractivity contribution in [2.24, 2.45) is 4.99 Å². The molecule has 1 atom stereocenters. The van der Waals surface area contributed by atoms with Gasteiger partial charge in [-0.1, -0.05) is 12.1 Å².